The largest absolute Gasteiger partial charge is 0.490 e. The Morgan fingerprint density at radius 3 is 2.06 bits per heavy atom. The summed E-state index contributed by atoms with van der Waals surface area (Å²) in [5.74, 6) is -2.76. The number of rotatable bonds is 1. The lowest BCUT2D eigenvalue weighted by Gasteiger charge is -2.05. The van der Waals surface area contributed by atoms with Crippen molar-refractivity contribution in [3.05, 3.63) is 24.3 Å². The molecule has 0 aliphatic heterocycles. The third-order valence-corrected chi connectivity index (χ3v) is 2.17. The van der Waals surface area contributed by atoms with Gasteiger partial charge in [-0.2, -0.15) is 13.2 Å². The highest BCUT2D eigenvalue weighted by Crippen LogP contribution is 2.41. The number of aliphatic carboxylic acids is 1. The van der Waals surface area contributed by atoms with E-state index in [2.05, 4.69) is 9.97 Å². The van der Waals surface area contributed by atoms with E-state index < -0.39 is 12.1 Å². The molecule has 1 aromatic rings. The number of alkyl halides is 3. The molecule has 0 aromatic carbocycles. The molecule has 3 N–H and O–H groups in total. The van der Waals surface area contributed by atoms with Crippen molar-refractivity contribution in [2.45, 2.75) is 24.6 Å². The lowest BCUT2D eigenvalue weighted by Crippen LogP contribution is -2.21. The highest BCUT2D eigenvalue weighted by Gasteiger charge is 2.40. The van der Waals surface area contributed by atoms with Gasteiger partial charge in [0.2, 0.25) is 0 Å². The van der Waals surface area contributed by atoms with Gasteiger partial charge in [-0.25, -0.2) is 14.8 Å². The van der Waals surface area contributed by atoms with Crippen molar-refractivity contribution < 1.29 is 23.1 Å². The van der Waals surface area contributed by atoms with Crippen LogP contribution in [0, 0.1) is 0 Å². The van der Waals surface area contributed by atoms with Gasteiger partial charge in [0, 0.05) is 23.5 Å². The van der Waals surface area contributed by atoms with Gasteiger partial charge in [0.15, 0.2) is 0 Å². The van der Waals surface area contributed by atoms with Crippen LogP contribution in [-0.2, 0) is 10.3 Å². The number of halogens is 3. The Kier molecular flexibility index (Phi) is 3.66. The number of hydrogen-bond acceptors (Lipinski definition) is 4. The topological polar surface area (TPSA) is 89.1 Å². The van der Waals surface area contributed by atoms with Crippen molar-refractivity contribution in [1.29, 1.82) is 0 Å². The molecular formula is C9H10F3N3O2. The van der Waals surface area contributed by atoms with E-state index in [9.17, 15) is 13.2 Å². The molecule has 2 rings (SSSR count). The Hall–Kier alpha value is -1.70. The van der Waals surface area contributed by atoms with E-state index in [0.717, 1.165) is 18.4 Å². The zero-order valence-electron chi connectivity index (χ0n) is 8.61. The summed E-state index contributed by atoms with van der Waals surface area (Å²) in [6.07, 6.45) is 2.16. The molecule has 1 fully saturated rings. The summed E-state index contributed by atoms with van der Waals surface area (Å²) in [6.45, 7) is 0. The fourth-order valence-electron chi connectivity index (χ4n) is 0.980. The molecule has 0 unspecified atom stereocenters. The minimum absolute atomic E-state index is 0.0821. The third-order valence-electron chi connectivity index (χ3n) is 2.17. The molecule has 1 saturated carbocycles. The van der Waals surface area contributed by atoms with Gasteiger partial charge in [-0.15, -0.1) is 0 Å². The van der Waals surface area contributed by atoms with Crippen molar-refractivity contribution in [2.75, 3.05) is 0 Å². The zero-order chi connectivity index (χ0) is 13.1. The Balaban J connectivity index is 0.000000185. The van der Waals surface area contributed by atoms with Crippen LogP contribution < -0.4 is 5.73 Å². The highest BCUT2D eigenvalue weighted by molar-refractivity contribution is 5.73. The minimum Gasteiger partial charge on any atom is -0.475 e. The number of nitrogens with zero attached hydrogens (tertiary/aromatic N) is 2. The van der Waals surface area contributed by atoms with E-state index in [0.29, 0.717) is 0 Å². The first-order chi connectivity index (χ1) is 7.76. The third kappa shape index (κ3) is 3.99. The van der Waals surface area contributed by atoms with E-state index in [1.165, 1.54) is 6.33 Å². The Morgan fingerprint density at radius 2 is 1.76 bits per heavy atom. The van der Waals surface area contributed by atoms with Crippen molar-refractivity contribution in [2.24, 2.45) is 5.73 Å². The maximum atomic E-state index is 10.6. The normalized spacial score (nSPS) is 16.7. The zero-order valence-corrected chi connectivity index (χ0v) is 8.61. The molecule has 1 heterocycles. The van der Waals surface area contributed by atoms with E-state index >= 15 is 0 Å². The molecule has 94 valence electrons. The Morgan fingerprint density at radius 1 is 1.35 bits per heavy atom. The number of aromatic nitrogens is 2. The van der Waals surface area contributed by atoms with Crippen molar-refractivity contribution >= 4 is 5.97 Å². The number of carbonyl (C=O) groups is 1. The summed E-state index contributed by atoms with van der Waals surface area (Å²) in [5.41, 5.74) is 6.87. The number of carboxylic acid groups (broad SMARTS) is 1. The summed E-state index contributed by atoms with van der Waals surface area (Å²) in [4.78, 5) is 16.7. The van der Waals surface area contributed by atoms with E-state index in [1.807, 2.05) is 0 Å². The maximum absolute atomic E-state index is 10.6. The van der Waals surface area contributed by atoms with Crippen LogP contribution >= 0.6 is 0 Å². The van der Waals surface area contributed by atoms with Gasteiger partial charge in [-0.1, -0.05) is 0 Å². The van der Waals surface area contributed by atoms with E-state index in [-0.39, 0.29) is 5.54 Å². The second kappa shape index (κ2) is 4.66. The molecule has 5 nitrogen and oxygen atoms in total. The smallest absolute Gasteiger partial charge is 0.475 e. The van der Waals surface area contributed by atoms with Crippen molar-refractivity contribution in [3.8, 4) is 0 Å². The van der Waals surface area contributed by atoms with Crippen LogP contribution in [0.5, 0.6) is 0 Å². The molecule has 17 heavy (non-hydrogen) atoms. The quantitative estimate of drug-likeness (QED) is 0.776. The van der Waals surface area contributed by atoms with Crippen LogP contribution in [0.1, 0.15) is 18.4 Å². The average molecular weight is 249 g/mol. The van der Waals surface area contributed by atoms with Gasteiger partial charge in [-0.05, 0) is 12.8 Å². The van der Waals surface area contributed by atoms with Gasteiger partial charge in [0.25, 0.3) is 0 Å². The van der Waals surface area contributed by atoms with Crippen molar-refractivity contribution in [1.82, 2.24) is 9.97 Å². The van der Waals surface area contributed by atoms with Crippen LogP contribution in [0.15, 0.2) is 18.7 Å². The summed E-state index contributed by atoms with van der Waals surface area (Å²) in [5, 5.41) is 7.12. The van der Waals surface area contributed by atoms with Gasteiger partial charge >= 0.3 is 12.1 Å². The molecule has 1 aliphatic rings. The predicted octanol–water partition coefficient (Wildman–Crippen LogP) is 1.06. The van der Waals surface area contributed by atoms with Gasteiger partial charge in [0.1, 0.15) is 6.33 Å². The van der Waals surface area contributed by atoms with Crippen LogP contribution in [-0.4, -0.2) is 27.2 Å². The summed E-state index contributed by atoms with van der Waals surface area (Å²) in [7, 11) is 0. The lowest BCUT2D eigenvalue weighted by molar-refractivity contribution is -0.192. The molecule has 0 radical (unpaired) electrons. The molecular weight excluding hydrogens is 239 g/mol. The van der Waals surface area contributed by atoms with Gasteiger partial charge < -0.3 is 10.8 Å². The standard InChI is InChI=1S/C7H9N3.C2HF3O2/c8-7(1-2-7)6-3-9-5-10-4-6;3-2(4,5)1(6)7/h3-5H,1-2,8H2;(H,6,7). The minimum atomic E-state index is -5.08. The number of hydrogen-bond donors (Lipinski definition) is 2. The molecule has 1 aliphatic carbocycles. The van der Waals surface area contributed by atoms with Crippen LogP contribution in [0.4, 0.5) is 13.2 Å². The van der Waals surface area contributed by atoms with Crippen LogP contribution in [0.3, 0.4) is 0 Å². The van der Waals surface area contributed by atoms with Gasteiger partial charge in [0.05, 0.1) is 0 Å². The molecule has 0 spiro atoms. The first-order valence-corrected chi connectivity index (χ1v) is 4.60. The van der Waals surface area contributed by atoms with E-state index in [4.69, 9.17) is 15.6 Å². The number of carboxylic acids is 1. The fraction of sp³-hybridized carbons (Fsp3) is 0.444. The molecule has 0 amide bonds. The molecule has 0 saturated heterocycles. The lowest BCUT2D eigenvalue weighted by atomic mass is 10.1. The molecule has 0 atom stereocenters. The predicted molar refractivity (Wildman–Crippen MR) is 50.8 cm³/mol. The SMILES string of the molecule is NC1(c2cncnc2)CC1.O=C(O)C(F)(F)F. The summed E-state index contributed by atoms with van der Waals surface area (Å²) < 4.78 is 31.7. The second-order valence-electron chi connectivity index (χ2n) is 3.59. The molecule has 0 bridgehead atoms. The monoisotopic (exact) mass is 249 g/mol. The molecule has 1 aromatic heterocycles. The average Bonchev–Trinajstić information content (AvgIpc) is 2.99. The maximum Gasteiger partial charge on any atom is 0.490 e. The highest BCUT2D eigenvalue weighted by atomic mass is 19.4. The first kappa shape index (κ1) is 13.4. The fourth-order valence-corrected chi connectivity index (χ4v) is 0.980. The number of nitrogens with two attached hydrogens (primary N) is 1. The van der Waals surface area contributed by atoms with Gasteiger partial charge in [-0.3, -0.25) is 0 Å². The Bertz CT molecular complexity index is 390. The Labute approximate surface area is 94.5 Å². The van der Waals surface area contributed by atoms with Crippen LogP contribution in [0.2, 0.25) is 0 Å². The summed E-state index contributed by atoms with van der Waals surface area (Å²) >= 11 is 0. The van der Waals surface area contributed by atoms with Crippen LogP contribution in [0.25, 0.3) is 0 Å². The van der Waals surface area contributed by atoms with Crippen molar-refractivity contribution in [3.63, 3.8) is 0 Å². The second-order valence-corrected chi connectivity index (χ2v) is 3.59. The molecule has 8 heteroatoms. The first-order valence-electron chi connectivity index (χ1n) is 4.60. The summed E-state index contributed by atoms with van der Waals surface area (Å²) in [6, 6.07) is 0. The van der Waals surface area contributed by atoms with E-state index in [1.54, 1.807) is 12.4 Å².